The minimum Gasteiger partial charge on any atom is -0.479 e. The van der Waals surface area contributed by atoms with Crippen LogP contribution in [0.4, 0.5) is 0 Å². The van der Waals surface area contributed by atoms with Gasteiger partial charge in [-0.15, -0.1) is 0 Å². The molecule has 1 aromatic rings. The van der Waals surface area contributed by atoms with Crippen LogP contribution in [0.2, 0.25) is 10.0 Å². The zero-order valence-corrected chi connectivity index (χ0v) is 13.6. The van der Waals surface area contributed by atoms with Crippen molar-refractivity contribution in [3.05, 3.63) is 28.2 Å². The largest absolute Gasteiger partial charge is 0.479 e. The molecule has 8 nitrogen and oxygen atoms in total. The van der Waals surface area contributed by atoms with E-state index in [9.17, 15) is 14.4 Å². The van der Waals surface area contributed by atoms with Crippen LogP contribution in [0.5, 0.6) is 5.75 Å². The number of hydrogen-bond acceptors (Lipinski definition) is 5. The predicted octanol–water partition coefficient (Wildman–Crippen LogP) is 0.0166. The molecule has 126 valence electrons. The van der Waals surface area contributed by atoms with E-state index in [4.69, 9.17) is 33.0 Å². The van der Waals surface area contributed by atoms with E-state index in [1.165, 1.54) is 19.1 Å². The smallest absolute Gasteiger partial charge is 0.327 e. The third-order valence-corrected chi connectivity index (χ3v) is 3.00. The minimum atomic E-state index is -1.08. The summed E-state index contributed by atoms with van der Waals surface area (Å²) in [6.45, 7) is 1.05. The van der Waals surface area contributed by atoms with Crippen LogP contribution >= 0.6 is 23.2 Å². The summed E-state index contributed by atoms with van der Waals surface area (Å²) >= 11 is 11.7. The van der Waals surface area contributed by atoms with Gasteiger partial charge in [0.1, 0.15) is 5.75 Å². The third kappa shape index (κ3) is 6.31. The molecule has 10 heteroatoms. The number of rotatable bonds is 5. The first-order valence-corrected chi connectivity index (χ1v) is 7.21. The van der Waals surface area contributed by atoms with Gasteiger partial charge in [-0.1, -0.05) is 23.2 Å². The predicted molar refractivity (Wildman–Crippen MR) is 82.9 cm³/mol. The molecule has 0 radical (unpaired) electrons. The van der Waals surface area contributed by atoms with Crippen LogP contribution in [0.3, 0.4) is 0 Å². The van der Waals surface area contributed by atoms with Crippen LogP contribution in [-0.2, 0) is 14.4 Å². The van der Waals surface area contributed by atoms with Crippen molar-refractivity contribution in [2.45, 2.75) is 13.0 Å². The van der Waals surface area contributed by atoms with Gasteiger partial charge in [0.05, 0.1) is 11.6 Å². The molecule has 0 fully saturated rings. The van der Waals surface area contributed by atoms with Crippen LogP contribution in [0.15, 0.2) is 18.2 Å². The lowest BCUT2D eigenvalue weighted by Crippen LogP contribution is -2.51. The number of halogens is 2. The van der Waals surface area contributed by atoms with E-state index in [2.05, 4.69) is 5.32 Å². The SMILES string of the molecule is CC(Oc1ccc(Cl)cc1Cl)C(=O)NNC(=O)C(=O)NCCO. The number of nitrogens with one attached hydrogen (secondary N) is 3. The molecule has 0 spiro atoms. The van der Waals surface area contributed by atoms with Gasteiger partial charge in [-0.3, -0.25) is 25.2 Å². The molecule has 1 atom stereocenters. The van der Waals surface area contributed by atoms with Crippen molar-refractivity contribution in [1.82, 2.24) is 16.2 Å². The summed E-state index contributed by atoms with van der Waals surface area (Å²) in [6.07, 6.45) is -0.991. The molecule has 3 amide bonds. The summed E-state index contributed by atoms with van der Waals surface area (Å²) in [4.78, 5) is 34.3. The standard InChI is InChI=1S/C13H15Cl2N3O5/c1-7(23-10-3-2-8(14)6-9(10)15)11(20)17-18-13(22)12(21)16-4-5-19/h2-3,6-7,19H,4-5H2,1H3,(H,16,21)(H,17,20)(H,18,22). The molecule has 0 bridgehead atoms. The Labute approximate surface area is 142 Å². The average molecular weight is 364 g/mol. The monoisotopic (exact) mass is 363 g/mol. The molecule has 0 heterocycles. The van der Waals surface area contributed by atoms with Gasteiger partial charge < -0.3 is 15.2 Å². The zero-order valence-electron chi connectivity index (χ0n) is 12.1. The van der Waals surface area contributed by atoms with Crippen molar-refractivity contribution in [3.8, 4) is 5.75 Å². The van der Waals surface area contributed by atoms with Crippen molar-refractivity contribution in [2.75, 3.05) is 13.2 Å². The third-order valence-electron chi connectivity index (χ3n) is 2.47. The maximum absolute atomic E-state index is 11.8. The topological polar surface area (TPSA) is 117 Å². The van der Waals surface area contributed by atoms with E-state index in [1.54, 1.807) is 6.07 Å². The fourth-order valence-corrected chi connectivity index (χ4v) is 1.79. The Morgan fingerprint density at radius 2 is 1.91 bits per heavy atom. The molecular formula is C13H15Cl2N3O5. The lowest BCUT2D eigenvalue weighted by Gasteiger charge is -2.16. The molecule has 0 saturated heterocycles. The highest BCUT2D eigenvalue weighted by molar-refractivity contribution is 6.35. The van der Waals surface area contributed by atoms with Crippen molar-refractivity contribution in [3.63, 3.8) is 0 Å². The van der Waals surface area contributed by atoms with Gasteiger partial charge in [0, 0.05) is 11.6 Å². The van der Waals surface area contributed by atoms with Crippen molar-refractivity contribution < 1.29 is 24.2 Å². The van der Waals surface area contributed by atoms with E-state index >= 15 is 0 Å². The Hall–Kier alpha value is -2.03. The maximum atomic E-state index is 11.8. The van der Waals surface area contributed by atoms with Crippen molar-refractivity contribution >= 4 is 40.9 Å². The fraction of sp³-hybridized carbons (Fsp3) is 0.308. The van der Waals surface area contributed by atoms with Crippen LogP contribution < -0.4 is 20.9 Å². The molecule has 1 unspecified atom stereocenters. The Morgan fingerprint density at radius 1 is 1.22 bits per heavy atom. The van der Waals surface area contributed by atoms with E-state index in [0.717, 1.165) is 0 Å². The first-order valence-electron chi connectivity index (χ1n) is 6.45. The molecule has 0 saturated carbocycles. The number of aliphatic hydroxyl groups is 1. The van der Waals surface area contributed by atoms with E-state index < -0.39 is 23.8 Å². The van der Waals surface area contributed by atoms with Crippen LogP contribution in [0.25, 0.3) is 0 Å². The number of ether oxygens (including phenoxy) is 1. The lowest BCUT2D eigenvalue weighted by molar-refractivity contribution is -0.141. The van der Waals surface area contributed by atoms with Gasteiger partial charge in [0.15, 0.2) is 6.10 Å². The number of hydrogen-bond donors (Lipinski definition) is 4. The molecule has 4 N–H and O–H groups in total. The highest BCUT2D eigenvalue weighted by atomic mass is 35.5. The molecular weight excluding hydrogens is 349 g/mol. The molecule has 1 aromatic carbocycles. The van der Waals surface area contributed by atoms with E-state index in [1.807, 2.05) is 10.9 Å². The van der Waals surface area contributed by atoms with Crippen LogP contribution in [0, 0.1) is 0 Å². The highest BCUT2D eigenvalue weighted by Gasteiger charge is 2.19. The number of hydrazine groups is 1. The molecule has 0 aliphatic rings. The van der Waals surface area contributed by atoms with Gasteiger partial charge in [0.25, 0.3) is 5.91 Å². The number of carbonyl (C=O) groups is 3. The zero-order chi connectivity index (χ0) is 17.4. The Bertz CT molecular complexity index is 597. The van der Waals surface area contributed by atoms with Gasteiger partial charge in [-0.2, -0.15) is 0 Å². The van der Waals surface area contributed by atoms with Crippen molar-refractivity contribution in [1.29, 1.82) is 0 Å². The van der Waals surface area contributed by atoms with Crippen LogP contribution in [0.1, 0.15) is 6.92 Å². The number of aliphatic hydroxyl groups excluding tert-OH is 1. The Morgan fingerprint density at radius 3 is 2.52 bits per heavy atom. The van der Waals surface area contributed by atoms with Gasteiger partial charge >= 0.3 is 11.8 Å². The number of benzene rings is 1. The molecule has 1 rings (SSSR count). The first-order chi connectivity index (χ1) is 10.8. The summed E-state index contributed by atoms with van der Waals surface area (Å²) in [5.74, 6) is -2.53. The second-order valence-electron chi connectivity index (χ2n) is 4.26. The maximum Gasteiger partial charge on any atom is 0.327 e. The Balaban J connectivity index is 2.48. The molecule has 0 aliphatic carbocycles. The van der Waals surface area contributed by atoms with Crippen LogP contribution in [-0.4, -0.2) is 42.1 Å². The summed E-state index contributed by atoms with van der Waals surface area (Å²) in [5.41, 5.74) is 3.95. The molecule has 0 aromatic heterocycles. The lowest BCUT2D eigenvalue weighted by atomic mass is 10.3. The van der Waals surface area contributed by atoms with Gasteiger partial charge in [-0.25, -0.2) is 0 Å². The van der Waals surface area contributed by atoms with Crippen molar-refractivity contribution in [2.24, 2.45) is 0 Å². The van der Waals surface area contributed by atoms with Gasteiger partial charge in [-0.05, 0) is 25.1 Å². The average Bonchev–Trinajstić information content (AvgIpc) is 2.52. The van der Waals surface area contributed by atoms with E-state index in [0.29, 0.717) is 5.02 Å². The summed E-state index contributed by atoms with van der Waals surface area (Å²) in [6, 6.07) is 4.49. The Kier molecular flexibility index (Phi) is 7.60. The highest BCUT2D eigenvalue weighted by Crippen LogP contribution is 2.28. The normalized spacial score (nSPS) is 11.3. The second kappa shape index (κ2) is 9.19. The van der Waals surface area contributed by atoms with Gasteiger partial charge in [0.2, 0.25) is 0 Å². The minimum absolute atomic E-state index is 0.0746. The summed E-state index contributed by atoms with van der Waals surface area (Å²) < 4.78 is 5.33. The second-order valence-corrected chi connectivity index (χ2v) is 5.10. The number of carbonyl (C=O) groups excluding carboxylic acids is 3. The first kappa shape index (κ1) is 19.0. The van der Waals surface area contributed by atoms with E-state index in [-0.39, 0.29) is 23.9 Å². The summed E-state index contributed by atoms with van der Waals surface area (Å²) in [5, 5.41) is 11.3. The molecule has 0 aliphatic heterocycles. The number of amides is 3. The fourth-order valence-electron chi connectivity index (χ4n) is 1.34. The quantitative estimate of drug-likeness (QED) is 0.434. The summed E-state index contributed by atoms with van der Waals surface area (Å²) in [7, 11) is 0. The molecule has 23 heavy (non-hydrogen) atoms.